The maximum atomic E-state index is 11.8. The first-order valence-electron chi connectivity index (χ1n) is 6.50. The molecular weight excluding hydrogens is 274 g/mol. The summed E-state index contributed by atoms with van der Waals surface area (Å²) in [6.07, 6.45) is 1.94. The van der Waals surface area contributed by atoms with Crippen molar-refractivity contribution >= 4 is 11.9 Å². The lowest BCUT2D eigenvalue weighted by Crippen LogP contribution is -2.10. The van der Waals surface area contributed by atoms with Crippen LogP contribution in [0.1, 0.15) is 29.4 Å². The van der Waals surface area contributed by atoms with E-state index in [-0.39, 0.29) is 6.42 Å². The molecule has 2 aromatic rings. The van der Waals surface area contributed by atoms with Crippen LogP contribution in [0.2, 0.25) is 0 Å². The Morgan fingerprint density at radius 2 is 2.19 bits per heavy atom. The minimum atomic E-state index is -0.975. The number of carboxylic acid groups (broad SMARTS) is 1. The Kier molecular flexibility index (Phi) is 4.65. The van der Waals surface area contributed by atoms with Gasteiger partial charge in [-0.05, 0) is 24.6 Å². The number of hydrogen-bond acceptors (Lipinski definition) is 5. The Hall–Kier alpha value is -2.70. The SMILES string of the molecule is CCCOC(=O)c1cccc(-n2nncc2CC(=O)O)c1. The summed E-state index contributed by atoms with van der Waals surface area (Å²) in [5.41, 5.74) is 1.38. The van der Waals surface area contributed by atoms with Crippen molar-refractivity contribution in [1.29, 1.82) is 0 Å². The van der Waals surface area contributed by atoms with Gasteiger partial charge >= 0.3 is 11.9 Å². The second kappa shape index (κ2) is 6.65. The molecule has 0 spiro atoms. The zero-order valence-corrected chi connectivity index (χ0v) is 11.5. The molecule has 0 unspecified atom stereocenters. The fraction of sp³-hybridized carbons (Fsp3) is 0.286. The minimum absolute atomic E-state index is 0.197. The smallest absolute Gasteiger partial charge is 0.338 e. The number of carboxylic acids is 1. The van der Waals surface area contributed by atoms with Crippen molar-refractivity contribution in [2.75, 3.05) is 6.61 Å². The molecule has 0 saturated carbocycles. The van der Waals surface area contributed by atoms with Crippen LogP contribution in [-0.4, -0.2) is 38.6 Å². The normalized spacial score (nSPS) is 10.3. The van der Waals surface area contributed by atoms with Gasteiger partial charge in [-0.3, -0.25) is 4.79 Å². The third-order valence-corrected chi connectivity index (χ3v) is 2.72. The fourth-order valence-corrected chi connectivity index (χ4v) is 1.79. The highest BCUT2D eigenvalue weighted by Crippen LogP contribution is 2.13. The molecule has 7 nitrogen and oxygen atoms in total. The fourth-order valence-electron chi connectivity index (χ4n) is 1.79. The molecule has 0 radical (unpaired) electrons. The molecule has 7 heteroatoms. The van der Waals surface area contributed by atoms with E-state index in [4.69, 9.17) is 9.84 Å². The molecule has 0 fully saturated rings. The molecule has 1 aromatic heterocycles. The van der Waals surface area contributed by atoms with E-state index in [1.54, 1.807) is 24.3 Å². The second-order valence-corrected chi connectivity index (χ2v) is 4.39. The van der Waals surface area contributed by atoms with Gasteiger partial charge in [-0.25, -0.2) is 9.48 Å². The van der Waals surface area contributed by atoms with Crippen molar-refractivity contribution in [3.63, 3.8) is 0 Å². The number of carbonyl (C=O) groups excluding carboxylic acids is 1. The number of nitrogens with zero attached hydrogens (tertiary/aromatic N) is 3. The topological polar surface area (TPSA) is 94.3 Å². The Balaban J connectivity index is 2.27. The zero-order chi connectivity index (χ0) is 15.2. The number of hydrogen-bond donors (Lipinski definition) is 1. The summed E-state index contributed by atoms with van der Waals surface area (Å²) in [4.78, 5) is 22.6. The molecule has 0 aliphatic rings. The Morgan fingerprint density at radius 3 is 2.90 bits per heavy atom. The Bertz CT molecular complexity index is 651. The first-order valence-corrected chi connectivity index (χ1v) is 6.50. The molecule has 0 atom stereocenters. The van der Waals surface area contributed by atoms with Gasteiger partial charge in [0.2, 0.25) is 0 Å². The van der Waals surface area contributed by atoms with E-state index in [0.717, 1.165) is 6.42 Å². The summed E-state index contributed by atoms with van der Waals surface area (Å²) in [6, 6.07) is 6.63. The van der Waals surface area contributed by atoms with Crippen molar-refractivity contribution in [1.82, 2.24) is 15.0 Å². The lowest BCUT2D eigenvalue weighted by Gasteiger charge is -2.07. The van der Waals surface area contributed by atoms with E-state index in [1.165, 1.54) is 10.9 Å². The van der Waals surface area contributed by atoms with Crippen LogP contribution in [0.5, 0.6) is 0 Å². The van der Waals surface area contributed by atoms with E-state index in [0.29, 0.717) is 23.6 Å². The van der Waals surface area contributed by atoms with Crippen molar-refractivity contribution in [3.8, 4) is 5.69 Å². The van der Waals surface area contributed by atoms with E-state index in [1.807, 2.05) is 6.92 Å². The van der Waals surface area contributed by atoms with Crippen LogP contribution in [0, 0.1) is 0 Å². The Labute approximate surface area is 121 Å². The van der Waals surface area contributed by atoms with Gasteiger partial charge in [-0.1, -0.05) is 18.2 Å². The Morgan fingerprint density at radius 1 is 1.38 bits per heavy atom. The van der Waals surface area contributed by atoms with Gasteiger partial charge in [0.1, 0.15) is 0 Å². The van der Waals surface area contributed by atoms with Crippen molar-refractivity contribution < 1.29 is 19.4 Å². The lowest BCUT2D eigenvalue weighted by molar-refractivity contribution is -0.136. The molecule has 0 bridgehead atoms. The predicted molar refractivity (Wildman–Crippen MR) is 73.3 cm³/mol. The molecule has 2 rings (SSSR count). The van der Waals surface area contributed by atoms with Gasteiger partial charge in [-0.2, -0.15) is 0 Å². The molecule has 0 saturated heterocycles. The summed E-state index contributed by atoms with van der Waals surface area (Å²) in [6.45, 7) is 2.27. The number of benzene rings is 1. The molecule has 0 amide bonds. The van der Waals surface area contributed by atoms with Crippen LogP contribution in [0.3, 0.4) is 0 Å². The average molecular weight is 289 g/mol. The summed E-state index contributed by atoms with van der Waals surface area (Å²) < 4.78 is 6.46. The van der Waals surface area contributed by atoms with E-state index in [2.05, 4.69) is 10.3 Å². The maximum absolute atomic E-state index is 11.8. The van der Waals surface area contributed by atoms with Crippen LogP contribution < -0.4 is 0 Å². The number of rotatable bonds is 6. The van der Waals surface area contributed by atoms with Gasteiger partial charge in [0.15, 0.2) is 0 Å². The molecule has 1 aromatic carbocycles. The van der Waals surface area contributed by atoms with Gasteiger partial charge in [0.05, 0.1) is 36.2 Å². The highest BCUT2D eigenvalue weighted by Gasteiger charge is 2.12. The summed E-state index contributed by atoms with van der Waals surface area (Å²) in [5.74, 6) is -1.39. The average Bonchev–Trinajstić information content (AvgIpc) is 2.92. The van der Waals surface area contributed by atoms with Gasteiger partial charge in [0.25, 0.3) is 0 Å². The highest BCUT2D eigenvalue weighted by molar-refractivity contribution is 5.90. The monoisotopic (exact) mass is 289 g/mol. The molecule has 1 heterocycles. The number of esters is 1. The molecule has 21 heavy (non-hydrogen) atoms. The van der Waals surface area contributed by atoms with Crippen LogP contribution >= 0.6 is 0 Å². The van der Waals surface area contributed by atoms with Crippen molar-refractivity contribution in [2.45, 2.75) is 19.8 Å². The third kappa shape index (κ3) is 3.65. The summed E-state index contributed by atoms with van der Waals surface area (Å²) >= 11 is 0. The highest BCUT2D eigenvalue weighted by atomic mass is 16.5. The standard InChI is InChI=1S/C14H15N3O4/c1-2-6-21-14(20)10-4-3-5-11(7-10)17-12(8-13(18)19)9-15-16-17/h3-5,7,9H,2,6,8H2,1H3,(H,18,19). The zero-order valence-electron chi connectivity index (χ0n) is 11.5. The first kappa shape index (κ1) is 14.7. The third-order valence-electron chi connectivity index (χ3n) is 2.72. The van der Waals surface area contributed by atoms with E-state index in [9.17, 15) is 9.59 Å². The largest absolute Gasteiger partial charge is 0.481 e. The lowest BCUT2D eigenvalue weighted by atomic mass is 10.2. The number of aromatic nitrogens is 3. The second-order valence-electron chi connectivity index (χ2n) is 4.39. The first-order chi connectivity index (χ1) is 10.1. The van der Waals surface area contributed by atoms with Gasteiger partial charge in [-0.15, -0.1) is 5.10 Å². The number of aliphatic carboxylic acids is 1. The molecule has 110 valence electrons. The number of ether oxygens (including phenoxy) is 1. The summed E-state index contributed by atoms with van der Waals surface area (Å²) in [7, 11) is 0. The number of carbonyl (C=O) groups is 2. The molecule has 0 aliphatic heterocycles. The molecule has 1 N–H and O–H groups in total. The molecular formula is C14H15N3O4. The van der Waals surface area contributed by atoms with Crippen molar-refractivity contribution in [3.05, 3.63) is 41.7 Å². The van der Waals surface area contributed by atoms with E-state index < -0.39 is 11.9 Å². The van der Waals surface area contributed by atoms with Crippen molar-refractivity contribution in [2.24, 2.45) is 0 Å². The minimum Gasteiger partial charge on any atom is -0.481 e. The van der Waals surface area contributed by atoms with Crippen LogP contribution in [0.25, 0.3) is 5.69 Å². The maximum Gasteiger partial charge on any atom is 0.338 e. The van der Waals surface area contributed by atoms with Gasteiger partial charge < -0.3 is 9.84 Å². The van der Waals surface area contributed by atoms with Crippen LogP contribution in [-0.2, 0) is 16.0 Å². The van der Waals surface area contributed by atoms with Gasteiger partial charge in [0, 0.05) is 0 Å². The summed E-state index contributed by atoms with van der Waals surface area (Å²) in [5, 5.41) is 16.4. The van der Waals surface area contributed by atoms with Crippen LogP contribution in [0.15, 0.2) is 30.5 Å². The van der Waals surface area contributed by atoms with E-state index >= 15 is 0 Å². The quantitative estimate of drug-likeness (QED) is 0.809. The molecule has 0 aliphatic carbocycles. The van der Waals surface area contributed by atoms with Crippen LogP contribution in [0.4, 0.5) is 0 Å². The predicted octanol–water partition coefficient (Wildman–Crippen LogP) is 1.46.